The van der Waals surface area contributed by atoms with Gasteiger partial charge < -0.3 is 19.8 Å². The molecule has 0 aromatic carbocycles. The molecule has 0 saturated heterocycles. The number of carbonyl (C=O) groups is 1. The Hall–Kier alpha value is -0.560. The van der Waals surface area contributed by atoms with Crippen molar-refractivity contribution in [2.45, 2.75) is 6.92 Å². The fourth-order valence-corrected chi connectivity index (χ4v) is 0.142. The van der Waals surface area contributed by atoms with E-state index in [4.69, 9.17) is 14.0 Å². The number of halogens is 1. The summed E-state index contributed by atoms with van der Waals surface area (Å²) in [6, 6.07) is 0. The van der Waals surface area contributed by atoms with Crippen LogP contribution in [-0.4, -0.2) is 17.4 Å². The van der Waals surface area contributed by atoms with Gasteiger partial charge in [-0.05, 0) is 6.92 Å². The highest BCUT2D eigenvalue weighted by Gasteiger charge is 1.82. The minimum absolute atomic E-state index is 0.356. The number of rotatable bonds is 1. The first-order valence-corrected chi connectivity index (χ1v) is 3.13. The first-order valence-electron chi connectivity index (χ1n) is 2.17. The molecular weight excluding hydrogens is 165 g/mol. The maximum Gasteiger partial charge on any atom is 0.404 e. The molecule has 0 fully saturated rings. The zero-order valence-corrected chi connectivity index (χ0v) is 6.00. The molecule has 0 spiro atoms. The number of amides is 1. The molecule has 6 nitrogen and oxygen atoms in total. The van der Waals surface area contributed by atoms with Crippen LogP contribution in [0.2, 0.25) is 0 Å². The van der Waals surface area contributed by atoms with Gasteiger partial charge in [0.1, 0.15) is 0 Å². The maximum atomic E-state index is 9.60. The molecule has 7 heteroatoms. The Balaban J connectivity index is 0. The van der Waals surface area contributed by atoms with Crippen LogP contribution in [0.15, 0.2) is 0 Å². The number of nitrogens with two attached hydrogens (primary N) is 1. The summed E-state index contributed by atoms with van der Waals surface area (Å²) in [6.45, 7) is 2.06. The summed E-state index contributed by atoms with van der Waals surface area (Å²) >= 11 is 0. The van der Waals surface area contributed by atoms with Gasteiger partial charge in [0, 0.05) is 4.66 Å². The van der Waals surface area contributed by atoms with E-state index in [1.807, 2.05) is 0 Å². The lowest BCUT2D eigenvalue weighted by molar-refractivity contribution is -1.63. The summed E-state index contributed by atoms with van der Waals surface area (Å²) in [6.07, 6.45) is -0.711. The van der Waals surface area contributed by atoms with Crippen LogP contribution in [0, 0.1) is 10.8 Å². The van der Waals surface area contributed by atoms with Gasteiger partial charge in [-0.2, -0.15) is 0 Å². The van der Waals surface area contributed by atoms with Gasteiger partial charge in [0.2, 0.25) is 0 Å². The molecule has 0 aromatic rings. The first-order chi connectivity index (χ1) is 4.50. The van der Waals surface area contributed by atoms with E-state index in [-0.39, 0.29) is 0 Å². The van der Waals surface area contributed by atoms with E-state index < -0.39 is 16.9 Å². The molecule has 0 aromatic heterocycles. The molecule has 0 rings (SSSR count). The van der Waals surface area contributed by atoms with Gasteiger partial charge >= 0.3 is 6.09 Å². The van der Waals surface area contributed by atoms with Crippen molar-refractivity contribution in [3.63, 3.8) is 0 Å². The Bertz CT molecular complexity index is 84.2. The standard InChI is InChI=1S/C3H7NO2.ClHO3/c1-2-6-3(4)5;2-1(3)4/h2H2,1H3,(H2,4,5);2H. The predicted octanol–water partition coefficient (Wildman–Crippen LogP) is -2.83. The van der Waals surface area contributed by atoms with Gasteiger partial charge in [-0.1, -0.05) is 0 Å². The van der Waals surface area contributed by atoms with E-state index in [1.54, 1.807) is 6.92 Å². The minimum atomic E-state index is -2.60. The van der Waals surface area contributed by atoms with Crippen LogP contribution < -0.4 is 15.1 Å². The topological polar surface area (TPSA) is 119 Å². The molecule has 0 aliphatic carbocycles. The zero-order chi connectivity index (χ0) is 8.57. The second kappa shape index (κ2) is 8.44. The quantitative estimate of drug-likeness (QED) is 0.443. The van der Waals surface area contributed by atoms with Crippen molar-refractivity contribution in [1.29, 1.82) is 0 Å². The third kappa shape index (κ3) is 51.8. The number of primary amides is 1. The number of hydrogen-bond acceptors (Lipinski definition) is 5. The molecule has 0 aliphatic heterocycles. The minimum Gasteiger partial charge on any atom is -0.450 e. The van der Waals surface area contributed by atoms with Crippen molar-refractivity contribution in [1.82, 2.24) is 0 Å². The molecule has 0 heterocycles. The number of carbonyl (C=O) groups excluding carboxylic acids is 1. The third-order valence-corrected chi connectivity index (χ3v) is 0.287. The lowest BCUT2D eigenvalue weighted by Gasteiger charge is -1.89. The molecule has 62 valence electrons. The first kappa shape index (κ1) is 12.1. The molecular formula is C3H8ClNO5. The highest BCUT2D eigenvalue weighted by atomic mass is 35.6. The Kier molecular flexibility index (Phi) is 10.3. The van der Waals surface area contributed by atoms with E-state index >= 15 is 0 Å². The summed E-state index contributed by atoms with van der Waals surface area (Å²) in [7, 11) is -2.60. The Morgan fingerprint density at radius 2 is 2.10 bits per heavy atom. The summed E-state index contributed by atoms with van der Waals surface area (Å²) in [5.41, 5.74) is 4.54. The van der Waals surface area contributed by atoms with E-state index in [0.29, 0.717) is 6.61 Å². The van der Waals surface area contributed by atoms with Crippen molar-refractivity contribution in [2.75, 3.05) is 6.61 Å². The van der Waals surface area contributed by atoms with Crippen LogP contribution in [0.4, 0.5) is 4.79 Å². The third-order valence-electron chi connectivity index (χ3n) is 0.287. The highest BCUT2D eigenvalue weighted by molar-refractivity contribution is 5.64. The van der Waals surface area contributed by atoms with Crippen molar-refractivity contribution in [2.24, 2.45) is 5.73 Å². The molecule has 10 heavy (non-hydrogen) atoms. The monoisotopic (exact) mass is 173 g/mol. The van der Waals surface area contributed by atoms with Crippen LogP contribution in [0.3, 0.4) is 0 Å². The van der Waals surface area contributed by atoms with Gasteiger partial charge in [0.25, 0.3) is 10.8 Å². The second-order valence-corrected chi connectivity index (χ2v) is 1.36. The zero-order valence-electron chi connectivity index (χ0n) is 5.24. The average molecular weight is 174 g/mol. The van der Waals surface area contributed by atoms with Gasteiger partial charge in [0.05, 0.1) is 6.61 Å². The normalized spacial score (nSPS) is 8.10. The lowest BCUT2D eigenvalue weighted by Crippen LogP contribution is -2.30. The smallest absolute Gasteiger partial charge is 0.404 e. The summed E-state index contributed by atoms with van der Waals surface area (Å²) < 4.78 is 28.2. The molecule has 1 amide bonds. The van der Waals surface area contributed by atoms with Crippen LogP contribution >= 0.6 is 0 Å². The van der Waals surface area contributed by atoms with E-state index in [1.165, 1.54) is 0 Å². The highest BCUT2D eigenvalue weighted by Crippen LogP contribution is 1.66. The fraction of sp³-hybridized carbons (Fsp3) is 0.667. The van der Waals surface area contributed by atoms with Crippen LogP contribution in [0.5, 0.6) is 0 Å². The summed E-state index contributed by atoms with van der Waals surface area (Å²) in [5.74, 6) is 0. The Labute approximate surface area is 60.6 Å². The van der Waals surface area contributed by atoms with Crippen molar-refractivity contribution >= 4 is 6.09 Å². The van der Waals surface area contributed by atoms with E-state index in [0.717, 1.165) is 0 Å². The van der Waals surface area contributed by atoms with E-state index in [9.17, 15) is 4.79 Å². The Morgan fingerprint density at radius 3 is 2.10 bits per heavy atom. The Morgan fingerprint density at radius 1 is 1.80 bits per heavy atom. The fourth-order valence-electron chi connectivity index (χ4n) is 0.142. The predicted molar refractivity (Wildman–Crippen MR) is 23.4 cm³/mol. The molecule has 0 bridgehead atoms. The van der Waals surface area contributed by atoms with Gasteiger partial charge in [-0.3, -0.25) is 0 Å². The molecule has 0 atom stereocenters. The molecule has 0 saturated carbocycles. The summed E-state index contributed by atoms with van der Waals surface area (Å²) in [4.78, 5) is 9.60. The molecule has 0 radical (unpaired) electrons. The number of ether oxygens (including phenoxy) is 1. The molecule has 0 unspecified atom stereocenters. The van der Waals surface area contributed by atoms with Crippen LogP contribution in [0.25, 0.3) is 0 Å². The summed E-state index contributed by atoms with van der Waals surface area (Å²) in [5, 5.41) is 0. The molecule has 3 N–H and O–H groups in total. The van der Waals surface area contributed by atoms with Crippen molar-refractivity contribution in [3.8, 4) is 0 Å². The van der Waals surface area contributed by atoms with E-state index in [2.05, 4.69) is 10.5 Å². The molecule has 0 aliphatic rings. The van der Waals surface area contributed by atoms with Crippen LogP contribution in [0.1, 0.15) is 6.92 Å². The second-order valence-electron chi connectivity index (χ2n) is 0.953. The largest absolute Gasteiger partial charge is 0.450 e. The van der Waals surface area contributed by atoms with Gasteiger partial charge in [0.15, 0.2) is 0 Å². The maximum absolute atomic E-state index is 9.60. The SMILES string of the molecule is CCOC(N)=O.[O-][Cl+2]([O-])O. The van der Waals surface area contributed by atoms with Crippen LogP contribution in [-0.2, 0) is 4.74 Å². The van der Waals surface area contributed by atoms with Gasteiger partial charge in [-0.15, -0.1) is 0 Å². The van der Waals surface area contributed by atoms with Crippen molar-refractivity contribution in [3.05, 3.63) is 0 Å². The lowest BCUT2D eigenvalue weighted by atomic mass is 10.9. The van der Waals surface area contributed by atoms with Crippen molar-refractivity contribution < 1.29 is 34.3 Å². The average Bonchev–Trinajstić information content (AvgIpc) is 1.62. The van der Waals surface area contributed by atoms with Gasteiger partial charge in [-0.25, -0.2) is 4.79 Å². The number of hydrogen-bond donors (Lipinski definition) is 2.